The highest BCUT2D eigenvalue weighted by atomic mass is 19.1. The molecule has 1 aromatic carbocycles. The average Bonchev–Trinajstić information content (AvgIpc) is 2.29. The van der Waals surface area contributed by atoms with E-state index in [-0.39, 0.29) is 11.7 Å². The molecule has 0 unspecified atom stereocenters. The molecule has 0 heterocycles. The molecule has 0 saturated carbocycles. The van der Waals surface area contributed by atoms with E-state index in [0.29, 0.717) is 25.2 Å². The summed E-state index contributed by atoms with van der Waals surface area (Å²) in [5.74, 6) is -0.391. The average molecular weight is 222 g/mol. The smallest absolute Gasteiger partial charge is 0.222 e. The van der Waals surface area contributed by atoms with Crippen molar-refractivity contribution in [1.82, 2.24) is 5.32 Å². The molecule has 0 radical (unpaired) electrons. The Kier molecular flexibility index (Phi) is 5.05. The highest BCUT2D eigenvalue weighted by molar-refractivity contribution is 5.76. The van der Waals surface area contributed by atoms with E-state index in [1.54, 1.807) is 24.3 Å². The second-order valence-electron chi connectivity index (χ2n) is 3.25. The van der Waals surface area contributed by atoms with Crippen molar-refractivity contribution in [1.29, 1.82) is 0 Å². The number of benzene rings is 1. The summed E-state index contributed by atoms with van der Waals surface area (Å²) in [5, 5.41) is 5.50. The van der Waals surface area contributed by atoms with E-state index < -0.39 is 0 Å². The first kappa shape index (κ1) is 12.2. The van der Waals surface area contributed by atoms with Gasteiger partial charge in [-0.25, -0.2) is 4.39 Å². The quantitative estimate of drug-likeness (QED) is 0.722. The Labute approximate surface area is 94.4 Å². The second-order valence-corrected chi connectivity index (χ2v) is 3.25. The van der Waals surface area contributed by atoms with Crippen molar-refractivity contribution in [2.45, 2.75) is 6.42 Å². The molecule has 16 heavy (non-hydrogen) atoms. The highest BCUT2D eigenvalue weighted by Gasteiger charge is 2.01. The Hall–Kier alpha value is -1.84. The van der Waals surface area contributed by atoms with Gasteiger partial charge in [0.05, 0.1) is 5.69 Å². The van der Waals surface area contributed by atoms with Crippen LogP contribution in [0.1, 0.15) is 6.42 Å². The van der Waals surface area contributed by atoms with Crippen LogP contribution < -0.4 is 10.6 Å². The van der Waals surface area contributed by atoms with Crippen LogP contribution in [-0.2, 0) is 4.79 Å². The van der Waals surface area contributed by atoms with E-state index in [1.165, 1.54) is 6.07 Å². The third-order valence-electron chi connectivity index (χ3n) is 1.98. The maximum atomic E-state index is 13.1. The summed E-state index contributed by atoms with van der Waals surface area (Å²) in [6, 6.07) is 6.37. The van der Waals surface area contributed by atoms with E-state index >= 15 is 0 Å². The number of rotatable bonds is 6. The molecule has 1 rings (SSSR count). The molecule has 86 valence electrons. The van der Waals surface area contributed by atoms with Crippen LogP contribution >= 0.6 is 0 Å². The molecule has 3 nitrogen and oxygen atoms in total. The van der Waals surface area contributed by atoms with Gasteiger partial charge in [-0.15, -0.1) is 6.58 Å². The minimum absolute atomic E-state index is 0.0799. The van der Waals surface area contributed by atoms with Crippen LogP contribution in [0.3, 0.4) is 0 Å². The van der Waals surface area contributed by atoms with Gasteiger partial charge in [0.2, 0.25) is 5.91 Å². The lowest BCUT2D eigenvalue weighted by Gasteiger charge is -2.07. The van der Waals surface area contributed by atoms with Crippen LogP contribution in [0.4, 0.5) is 10.1 Å². The fourth-order valence-electron chi connectivity index (χ4n) is 1.19. The molecule has 0 bridgehead atoms. The van der Waals surface area contributed by atoms with Crippen molar-refractivity contribution in [3.05, 3.63) is 42.7 Å². The Morgan fingerprint density at radius 3 is 2.88 bits per heavy atom. The Bertz CT molecular complexity index is 366. The highest BCUT2D eigenvalue weighted by Crippen LogP contribution is 2.11. The zero-order chi connectivity index (χ0) is 11.8. The molecule has 0 aliphatic rings. The SMILES string of the molecule is C=CCNC(=O)CCNc1ccccc1F. The molecular formula is C12H15FN2O. The lowest BCUT2D eigenvalue weighted by molar-refractivity contribution is -0.120. The van der Waals surface area contributed by atoms with E-state index in [4.69, 9.17) is 0 Å². The molecule has 0 aromatic heterocycles. The van der Waals surface area contributed by atoms with Gasteiger partial charge in [-0.2, -0.15) is 0 Å². The van der Waals surface area contributed by atoms with Crippen molar-refractivity contribution < 1.29 is 9.18 Å². The van der Waals surface area contributed by atoms with Crippen molar-refractivity contribution >= 4 is 11.6 Å². The summed E-state index contributed by atoms with van der Waals surface area (Å²) in [6.45, 7) is 4.36. The molecular weight excluding hydrogens is 207 g/mol. The first-order valence-corrected chi connectivity index (χ1v) is 5.10. The Balaban J connectivity index is 2.28. The minimum Gasteiger partial charge on any atom is -0.382 e. The van der Waals surface area contributed by atoms with Crippen molar-refractivity contribution in [2.75, 3.05) is 18.4 Å². The van der Waals surface area contributed by atoms with Crippen LogP contribution in [0, 0.1) is 5.82 Å². The number of anilines is 1. The number of amides is 1. The zero-order valence-corrected chi connectivity index (χ0v) is 9.00. The second kappa shape index (κ2) is 6.61. The summed E-state index contributed by atoms with van der Waals surface area (Å²) < 4.78 is 13.1. The van der Waals surface area contributed by atoms with Gasteiger partial charge in [-0.3, -0.25) is 4.79 Å². The third-order valence-corrected chi connectivity index (χ3v) is 1.98. The minimum atomic E-state index is -0.311. The number of hydrogen-bond donors (Lipinski definition) is 2. The van der Waals surface area contributed by atoms with Crippen LogP contribution in [0.15, 0.2) is 36.9 Å². The first-order chi connectivity index (χ1) is 7.74. The van der Waals surface area contributed by atoms with Crippen molar-refractivity contribution in [3.63, 3.8) is 0 Å². The standard InChI is InChI=1S/C12H15FN2O/c1-2-8-15-12(16)7-9-14-11-6-4-3-5-10(11)13/h2-6,14H,1,7-9H2,(H,15,16). The topological polar surface area (TPSA) is 41.1 Å². The molecule has 0 saturated heterocycles. The lowest BCUT2D eigenvalue weighted by Crippen LogP contribution is -2.25. The molecule has 4 heteroatoms. The van der Waals surface area contributed by atoms with Gasteiger partial charge in [0, 0.05) is 19.5 Å². The van der Waals surface area contributed by atoms with E-state index in [9.17, 15) is 9.18 Å². The Morgan fingerprint density at radius 2 is 2.19 bits per heavy atom. The van der Waals surface area contributed by atoms with Gasteiger partial charge in [-0.1, -0.05) is 18.2 Å². The van der Waals surface area contributed by atoms with Crippen LogP contribution in [-0.4, -0.2) is 19.0 Å². The van der Waals surface area contributed by atoms with Gasteiger partial charge in [-0.05, 0) is 12.1 Å². The maximum Gasteiger partial charge on any atom is 0.222 e. The first-order valence-electron chi connectivity index (χ1n) is 5.10. The normalized spacial score (nSPS) is 9.56. The summed E-state index contributed by atoms with van der Waals surface area (Å²) in [7, 11) is 0. The van der Waals surface area contributed by atoms with Gasteiger partial charge >= 0.3 is 0 Å². The molecule has 0 aliphatic carbocycles. The summed E-state index contributed by atoms with van der Waals surface area (Å²) in [5.41, 5.74) is 0.416. The van der Waals surface area contributed by atoms with Crippen LogP contribution in [0.25, 0.3) is 0 Å². The predicted octanol–water partition coefficient (Wildman–Crippen LogP) is 1.93. The molecule has 1 aromatic rings. The monoisotopic (exact) mass is 222 g/mol. The van der Waals surface area contributed by atoms with Gasteiger partial charge in [0.1, 0.15) is 5.82 Å². The van der Waals surface area contributed by atoms with E-state index in [1.807, 2.05) is 0 Å². The zero-order valence-electron chi connectivity index (χ0n) is 9.00. The lowest BCUT2D eigenvalue weighted by atomic mass is 10.3. The van der Waals surface area contributed by atoms with Crippen molar-refractivity contribution in [3.8, 4) is 0 Å². The molecule has 0 spiro atoms. The van der Waals surface area contributed by atoms with Gasteiger partial charge < -0.3 is 10.6 Å². The van der Waals surface area contributed by atoms with Crippen LogP contribution in [0.5, 0.6) is 0 Å². The molecule has 2 N–H and O–H groups in total. The van der Waals surface area contributed by atoms with Gasteiger partial charge in [0.15, 0.2) is 0 Å². The molecule has 0 fully saturated rings. The molecule has 1 amide bonds. The van der Waals surface area contributed by atoms with E-state index in [2.05, 4.69) is 17.2 Å². The largest absolute Gasteiger partial charge is 0.382 e. The molecule has 0 aliphatic heterocycles. The summed E-state index contributed by atoms with van der Waals surface area (Å²) in [4.78, 5) is 11.2. The fraction of sp³-hybridized carbons (Fsp3) is 0.250. The number of para-hydroxylation sites is 1. The Morgan fingerprint density at radius 1 is 1.44 bits per heavy atom. The fourth-order valence-corrected chi connectivity index (χ4v) is 1.19. The number of nitrogens with one attached hydrogen (secondary N) is 2. The van der Waals surface area contributed by atoms with Crippen LogP contribution in [0.2, 0.25) is 0 Å². The predicted molar refractivity (Wildman–Crippen MR) is 62.7 cm³/mol. The maximum absolute atomic E-state index is 13.1. The number of hydrogen-bond acceptors (Lipinski definition) is 2. The van der Waals surface area contributed by atoms with Crippen molar-refractivity contribution in [2.24, 2.45) is 0 Å². The molecule has 0 atom stereocenters. The van der Waals surface area contributed by atoms with Gasteiger partial charge in [0.25, 0.3) is 0 Å². The summed E-state index contributed by atoms with van der Waals surface area (Å²) in [6.07, 6.45) is 1.92. The van der Waals surface area contributed by atoms with E-state index in [0.717, 1.165) is 0 Å². The number of carbonyl (C=O) groups excluding carboxylic acids is 1. The summed E-state index contributed by atoms with van der Waals surface area (Å²) >= 11 is 0. The number of carbonyl (C=O) groups is 1. The number of halogens is 1. The third kappa shape index (κ3) is 4.13.